The maximum Gasteiger partial charge on any atom is 0.342 e. The number of fused-ring (bicyclic) bond motifs is 5. The van der Waals surface area contributed by atoms with Crippen LogP contribution < -0.4 is 18.9 Å². The van der Waals surface area contributed by atoms with Crippen molar-refractivity contribution in [1.29, 1.82) is 0 Å². The van der Waals surface area contributed by atoms with Crippen LogP contribution in [0.15, 0.2) is 35.4 Å². The number of amides is 1. The van der Waals surface area contributed by atoms with Gasteiger partial charge in [-0.05, 0) is 36.2 Å². The Kier molecular flexibility index (Phi) is 6.35. The number of benzene rings is 2. The number of esters is 2. The molecule has 38 heavy (non-hydrogen) atoms. The molecule has 0 aromatic heterocycles. The molecular formula is C27H25NO10. The van der Waals surface area contributed by atoms with Gasteiger partial charge in [-0.25, -0.2) is 9.59 Å². The molecule has 2 aromatic rings. The zero-order chi connectivity index (χ0) is 27.1. The number of carbonyl (C=O) groups is 3. The standard InChI is InChI=1S/C27H25NO10/c1-32-16-7-6-14-19(23(16)33-2)24(34-3)21(27(31)36-5)20(26(30)35-4)22-15-11-18-17(37-12-38-18)10-13(15)8-9-28(22)25(14)29/h6-7,10-11H,8-9,12H2,1-5H3. The summed E-state index contributed by atoms with van der Waals surface area (Å²) >= 11 is 0. The van der Waals surface area contributed by atoms with Crippen molar-refractivity contribution < 1.29 is 47.5 Å². The Hall–Kier alpha value is -4.67. The topological polar surface area (TPSA) is 119 Å². The lowest BCUT2D eigenvalue weighted by molar-refractivity contribution is -0.139. The maximum atomic E-state index is 14.2. The molecule has 11 heteroatoms. The van der Waals surface area contributed by atoms with E-state index in [4.69, 9.17) is 33.2 Å². The molecular weight excluding hydrogens is 498 g/mol. The van der Waals surface area contributed by atoms with Gasteiger partial charge in [-0.1, -0.05) is 0 Å². The number of hydrogen-bond donors (Lipinski definition) is 0. The van der Waals surface area contributed by atoms with Crippen LogP contribution in [-0.2, 0) is 30.2 Å². The first kappa shape index (κ1) is 25.0. The number of rotatable bonds is 5. The van der Waals surface area contributed by atoms with Gasteiger partial charge in [0.05, 0.1) is 52.4 Å². The molecule has 0 fully saturated rings. The highest BCUT2D eigenvalue weighted by molar-refractivity contribution is 6.20. The third-order valence-corrected chi connectivity index (χ3v) is 6.67. The average Bonchev–Trinajstić information content (AvgIpc) is 3.40. The summed E-state index contributed by atoms with van der Waals surface area (Å²) in [5, 5.41) is 0. The Bertz CT molecular complexity index is 1440. The van der Waals surface area contributed by atoms with Gasteiger partial charge in [-0.2, -0.15) is 0 Å². The predicted octanol–water partition coefficient (Wildman–Crippen LogP) is 2.56. The molecule has 0 radical (unpaired) electrons. The molecule has 3 aliphatic rings. The minimum absolute atomic E-state index is 0.0416. The van der Waals surface area contributed by atoms with Crippen LogP contribution in [0.5, 0.6) is 23.0 Å². The minimum atomic E-state index is -0.882. The van der Waals surface area contributed by atoms with Gasteiger partial charge >= 0.3 is 11.9 Å². The van der Waals surface area contributed by atoms with E-state index in [9.17, 15) is 14.4 Å². The number of ether oxygens (including phenoxy) is 7. The first-order chi connectivity index (χ1) is 18.4. The molecule has 0 N–H and O–H groups in total. The molecule has 0 saturated carbocycles. The smallest absolute Gasteiger partial charge is 0.342 e. The summed E-state index contributed by atoms with van der Waals surface area (Å²) in [7, 11) is 6.52. The molecule has 0 atom stereocenters. The van der Waals surface area contributed by atoms with E-state index in [1.54, 1.807) is 24.3 Å². The first-order valence-corrected chi connectivity index (χ1v) is 11.6. The van der Waals surface area contributed by atoms with E-state index in [-0.39, 0.29) is 52.8 Å². The van der Waals surface area contributed by atoms with Crippen LogP contribution in [-0.4, -0.2) is 71.6 Å². The van der Waals surface area contributed by atoms with E-state index in [2.05, 4.69) is 0 Å². The molecule has 198 valence electrons. The molecule has 5 rings (SSSR count). The number of methoxy groups -OCH3 is 5. The third-order valence-electron chi connectivity index (χ3n) is 6.67. The van der Waals surface area contributed by atoms with E-state index in [1.807, 2.05) is 0 Å². The molecule has 0 aliphatic carbocycles. The Labute approximate surface area is 218 Å². The minimum Gasteiger partial charge on any atom is -0.495 e. The lowest BCUT2D eigenvalue weighted by atomic mass is 9.86. The van der Waals surface area contributed by atoms with E-state index in [1.165, 1.54) is 40.4 Å². The summed E-state index contributed by atoms with van der Waals surface area (Å²) in [6, 6.07) is 6.64. The zero-order valence-corrected chi connectivity index (χ0v) is 21.5. The van der Waals surface area contributed by atoms with Gasteiger partial charge in [-0.3, -0.25) is 4.79 Å². The molecule has 0 bridgehead atoms. The van der Waals surface area contributed by atoms with Crippen molar-refractivity contribution in [3.63, 3.8) is 0 Å². The third kappa shape index (κ3) is 3.61. The van der Waals surface area contributed by atoms with Crippen molar-refractivity contribution in [2.24, 2.45) is 0 Å². The van der Waals surface area contributed by atoms with E-state index in [0.29, 0.717) is 29.2 Å². The molecule has 11 nitrogen and oxygen atoms in total. The van der Waals surface area contributed by atoms with Crippen LogP contribution in [0.2, 0.25) is 0 Å². The van der Waals surface area contributed by atoms with Gasteiger partial charge in [0.2, 0.25) is 6.79 Å². The SMILES string of the molecule is COC(=O)C1=C(OC)c2c(ccc(OC)c2OC)C(=O)N2CCc3cc4c(cc3C2=C1C(=O)OC)OCO4. The summed E-state index contributed by atoms with van der Waals surface area (Å²) in [6.07, 6.45) is 0.451. The Morgan fingerprint density at radius 1 is 0.842 bits per heavy atom. The Balaban J connectivity index is 1.98. The van der Waals surface area contributed by atoms with Crippen LogP contribution in [0.4, 0.5) is 0 Å². The van der Waals surface area contributed by atoms with Gasteiger partial charge in [0, 0.05) is 12.1 Å². The van der Waals surface area contributed by atoms with Crippen molar-refractivity contribution in [3.8, 4) is 23.0 Å². The van der Waals surface area contributed by atoms with Crippen LogP contribution in [0.1, 0.15) is 27.0 Å². The van der Waals surface area contributed by atoms with Crippen LogP contribution >= 0.6 is 0 Å². The number of carbonyl (C=O) groups excluding carboxylic acids is 3. The van der Waals surface area contributed by atoms with Crippen molar-refractivity contribution in [3.05, 3.63) is 57.7 Å². The number of nitrogens with zero attached hydrogens (tertiary/aromatic N) is 1. The maximum absolute atomic E-state index is 14.2. The summed E-state index contributed by atoms with van der Waals surface area (Å²) in [5.74, 6) is -0.881. The number of hydrogen-bond acceptors (Lipinski definition) is 10. The molecule has 3 aliphatic heterocycles. The van der Waals surface area contributed by atoms with Crippen molar-refractivity contribution in [2.45, 2.75) is 6.42 Å². The van der Waals surface area contributed by atoms with E-state index >= 15 is 0 Å². The average molecular weight is 523 g/mol. The summed E-state index contributed by atoms with van der Waals surface area (Å²) in [6.45, 7) is 0.242. The second-order valence-electron chi connectivity index (χ2n) is 8.41. The molecule has 1 amide bonds. The second-order valence-corrected chi connectivity index (χ2v) is 8.41. The largest absolute Gasteiger partial charge is 0.495 e. The van der Waals surface area contributed by atoms with Crippen LogP contribution in [0, 0.1) is 0 Å². The highest BCUT2D eigenvalue weighted by Gasteiger charge is 2.42. The lowest BCUT2D eigenvalue weighted by Gasteiger charge is -2.36. The van der Waals surface area contributed by atoms with Crippen molar-refractivity contribution >= 4 is 29.3 Å². The van der Waals surface area contributed by atoms with Gasteiger partial charge in [0.15, 0.2) is 23.0 Å². The van der Waals surface area contributed by atoms with Crippen molar-refractivity contribution in [2.75, 3.05) is 48.9 Å². The van der Waals surface area contributed by atoms with Gasteiger partial charge in [0.25, 0.3) is 5.91 Å². The summed E-state index contributed by atoms with van der Waals surface area (Å²) in [4.78, 5) is 42.6. The molecule has 0 spiro atoms. The predicted molar refractivity (Wildman–Crippen MR) is 132 cm³/mol. The Morgan fingerprint density at radius 3 is 2.16 bits per heavy atom. The monoisotopic (exact) mass is 523 g/mol. The van der Waals surface area contributed by atoms with E-state index in [0.717, 1.165) is 5.56 Å². The summed E-state index contributed by atoms with van der Waals surface area (Å²) < 4.78 is 38.1. The van der Waals surface area contributed by atoms with Gasteiger partial charge < -0.3 is 38.1 Å². The van der Waals surface area contributed by atoms with Gasteiger partial charge in [0.1, 0.15) is 16.9 Å². The fourth-order valence-electron chi connectivity index (χ4n) is 5.01. The van der Waals surface area contributed by atoms with Crippen LogP contribution in [0.25, 0.3) is 11.5 Å². The van der Waals surface area contributed by atoms with Gasteiger partial charge in [-0.15, -0.1) is 0 Å². The quantitative estimate of drug-likeness (QED) is 0.541. The fourth-order valence-corrected chi connectivity index (χ4v) is 5.01. The fraction of sp³-hybridized carbons (Fsp3) is 0.296. The summed E-state index contributed by atoms with van der Waals surface area (Å²) in [5.41, 5.74) is 1.33. The lowest BCUT2D eigenvalue weighted by Crippen LogP contribution is -2.39. The zero-order valence-electron chi connectivity index (χ0n) is 21.5. The van der Waals surface area contributed by atoms with Crippen LogP contribution in [0.3, 0.4) is 0 Å². The van der Waals surface area contributed by atoms with Crippen molar-refractivity contribution in [1.82, 2.24) is 4.90 Å². The normalized spacial score (nSPS) is 15.6. The van der Waals surface area contributed by atoms with E-state index < -0.39 is 17.8 Å². The first-order valence-electron chi connectivity index (χ1n) is 11.6. The highest BCUT2D eigenvalue weighted by atomic mass is 16.7. The Morgan fingerprint density at radius 2 is 1.53 bits per heavy atom. The molecule has 0 saturated heterocycles. The molecule has 0 unspecified atom stereocenters. The molecule has 2 aromatic carbocycles. The molecule has 3 heterocycles. The second kappa shape index (κ2) is 9.66. The highest BCUT2D eigenvalue weighted by Crippen LogP contribution is 2.47.